The lowest BCUT2D eigenvalue weighted by atomic mass is 9.77. The fourth-order valence-electron chi connectivity index (χ4n) is 4.92. The van der Waals surface area contributed by atoms with Crippen LogP contribution in [-0.2, 0) is 33.3 Å². The molecule has 11 heteroatoms. The Bertz CT molecular complexity index is 1300. The topological polar surface area (TPSA) is 139 Å². The van der Waals surface area contributed by atoms with E-state index in [2.05, 4.69) is 0 Å². The van der Waals surface area contributed by atoms with Gasteiger partial charge in [0, 0.05) is 37.5 Å². The van der Waals surface area contributed by atoms with Gasteiger partial charge in [-0.3, -0.25) is 9.59 Å². The van der Waals surface area contributed by atoms with E-state index in [1.165, 1.54) is 35.2 Å². The number of aliphatic carboxylic acids is 1. The minimum Gasteiger partial charge on any atom is -0.496 e. The van der Waals surface area contributed by atoms with E-state index in [0.29, 0.717) is 22.3 Å². The van der Waals surface area contributed by atoms with E-state index in [9.17, 15) is 19.5 Å². The first kappa shape index (κ1) is 26.2. The zero-order chi connectivity index (χ0) is 27.1. The number of hydrogen-bond acceptors (Lipinski definition) is 10. The van der Waals surface area contributed by atoms with E-state index in [0.717, 1.165) is 0 Å². The highest BCUT2D eigenvalue weighted by Gasteiger charge is 2.70. The normalized spacial score (nSPS) is 24.2. The number of methoxy groups -OCH3 is 3. The summed E-state index contributed by atoms with van der Waals surface area (Å²) in [5, 5.41) is 11.4. The Balaban J connectivity index is 2.08. The van der Waals surface area contributed by atoms with Crippen LogP contribution in [0.4, 0.5) is 0 Å². The van der Waals surface area contributed by atoms with Gasteiger partial charge in [-0.25, -0.2) is 4.79 Å². The molecule has 198 valence electrons. The average molecular weight is 516 g/mol. The van der Waals surface area contributed by atoms with Gasteiger partial charge in [0.25, 0.3) is 0 Å². The summed E-state index contributed by atoms with van der Waals surface area (Å²) in [6, 6.07) is 6.80. The summed E-state index contributed by atoms with van der Waals surface area (Å²) in [5.41, 5.74) is -1.13. The van der Waals surface area contributed by atoms with Crippen molar-refractivity contribution in [2.75, 3.05) is 28.1 Å². The predicted octanol–water partition coefficient (Wildman–Crippen LogP) is 2.71. The number of carbonyl (C=O) groups excluding carboxylic acids is 2. The zero-order valence-corrected chi connectivity index (χ0v) is 21.3. The van der Waals surface area contributed by atoms with E-state index >= 15 is 0 Å². The molecule has 1 saturated heterocycles. The van der Waals surface area contributed by atoms with Gasteiger partial charge in [-0.1, -0.05) is 12.1 Å². The minimum absolute atomic E-state index is 0.0170. The molecule has 0 aromatic heterocycles. The molecule has 0 amide bonds. The standard InChI is InChI=1S/C26H28O11/c1-12(27)35-22-19(20(25(29)30)23(36-13(2)28)26(3)24(22)37-26)15-10-17(32-5)18-14(21(15)33-6)8-7-9-16(18)34-11-31-4/h7-10,22-24H,11H2,1-6H3,(H,29,30)/t22-,23+,24-,26+/m0/s1. The Kier molecular flexibility index (Phi) is 7.03. The van der Waals surface area contributed by atoms with Crippen LogP contribution >= 0.6 is 0 Å². The number of ether oxygens (including phenoxy) is 7. The highest BCUT2D eigenvalue weighted by atomic mass is 16.7. The molecule has 2 aromatic carbocycles. The summed E-state index contributed by atoms with van der Waals surface area (Å²) >= 11 is 0. The molecule has 1 heterocycles. The van der Waals surface area contributed by atoms with Crippen LogP contribution in [-0.4, -0.2) is 75.0 Å². The Morgan fingerprint density at radius 3 is 2.30 bits per heavy atom. The van der Waals surface area contributed by atoms with Gasteiger partial charge in [-0.2, -0.15) is 0 Å². The van der Waals surface area contributed by atoms with E-state index in [-0.39, 0.29) is 29.3 Å². The zero-order valence-electron chi connectivity index (χ0n) is 21.3. The summed E-state index contributed by atoms with van der Waals surface area (Å²) < 4.78 is 39.1. The van der Waals surface area contributed by atoms with Crippen LogP contribution in [0.25, 0.3) is 16.3 Å². The minimum atomic E-state index is -1.37. The smallest absolute Gasteiger partial charge is 0.335 e. The number of epoxide rings is 1. The van der Waals surface area contributed by atoms with Crippen LogP contribution < -0.4 is 14.2 Å². The van der Waals surface area contributed by atoms with Crippen molar-refractivity contribution in [1.82, 2.24) is 0 Å². The molecule has 11 nitrogen and oxygen atoms in total. The Morgan fingerprint density at radius 2 is 1.73 bits per heavy atom. The number of fused-ring (bicyclic) bond motifs is 2. The molecular weight excluding hydrogens is 488 g/mol. The maximum absolute atomic E-state index is 12.7. The molecule has 37 heavy (non-hydrogen) atoms. The van der Waals surface area contributed by atoms with Crippen LogP contribution in [0.1, 0.15) is 26.3 Å². The molecule has 4 atom stereocenters. The van der Waals surface area contributed by atoms with E-state index in [1.54, 1.807) is 31.2 Å². The van der Waals surface area contributed by atoms with Crippen LogP contribution in [0.2, 0.25) is 0 Å². The van der Waals surface area contributed by atoms with Gasteiger partial charge in [-0.05, 0) is 19.1 Å². The first-order valence-corrected chi connectivity index (χ1v) is 11.4. The number of rotatable bonds is 9. The lowest BCUT2D eigenvalue weighted by Crippen LogP contribution is -2.46. The highest BCUT2D eigenvalue weighted by Crippen LogP contribution is 2.56. The van der Waals surface area contributed by atoms with Gasteiger partial charge in [0.05, 0.1) is 25.2 Å². The van der Waals surface area contributed by atoms with E-state index < -0.39 is 41.8 Å². The summed E-state index contributed by atoms with van der Waals surface area (Å²) in [6.07, 6.45) is -3.15. The molecule has 4 rings (SSSR count). The number of benzene rings is 2. The molecule has 1 N–H and O–H groups in total. The second kappa shape index (κ2) is 9.91. The van der Waals surface area contributed by atoms with Crippen LogP contribution in [0.15, 0.2) is 29.8 Å². The first-order valence-electron chi connectivity index (χ1n) is 11.4. The van der Waals surface area contributed by atoms with Crippen LogP contribution in [0.5, 0.6) is 17.2 Å². The maximum atomic E-state index is 12.7. The van der Waals surface area contributed by atoms with Crippen molar-refractivity contribution >= 4 is 34.3 Å². The van der Waals surface area contributed by atoms with Crippen molar-refractivity contribution in [2.45, 2.75) is 44.7 Å². The first-order chi connectivity index (χ1) is 17.6. The quantitative estimate of drug-likeness (QED) is 0.299. The molecule has 2 aliphatic rings. The van der Waals surface area contributed by atoms with Crippen molar-refractivity contribution in [2.24, 2.45) is 0 Å². The van der Waals surface area contributed by atoms with Crippen molar-refractivity contribution in [3.8, 4) is 17.2 Å². The third kappa shape index (κ3) is 4.44. The summed E-state index contributed by atoms with van der Waals surface area (Å²) in [6.45, 7) is 3.99. The average Bonchev–Trinajstić information content (AvgIpc) is 3.55. The van der Waals surface area contributed by atoms with Crippen LogP contribution in [0, 0.1) is 0 Å². The third-order valence-electron chi connectivity index (χ3n) is 6.41. The highest BCUT2D eigenvalue weighted by molar-refractivity contribution is 6.06. The van der Waals surface area contributed by atoms with Crippen LogP contribution in [0.3, 0.4) is 0 Å². The van der Waals surface area contributed by atoms with Gasteiger partial charge >= 0.3 is 17.9 Å². The van der Waals surface area contributed by atoms with Crippen molar-refractivity contribution in [1.29, 1.82) is 0 Å². The molecule has 0 unspecified atom stereocenters. The Labute approximate surface area is 212 Å². The molecule has 1 aliphatic carbocycles. The number of esters is 2. The fraction of sp³-hybridized carbons (Fsp3) is 0.423. The largest absolute Gasteiger partial charge is 0.496 e. The molecular formula is C26H28O11. The molecule has 2 aromatic rings. The Hall–Kier alpha value is -3.83. The second-order valence-corrected chi connectivity index (χ2v) is 8.76. The number of hydrogen-bond donors (Lipinski definition) is 1. The molecule has 1 fully saturated rings. The van der Waals surface area contributed by atoms with Crippen molar-refractivity contribution in [3.05, 3.63) is 35.4 Å². The molecule has 0 saturated carbocycles. The number of carboxylic acid groups (broad SMARTS) is 1. The second-order valence-electron chi connectivity index (χ2n) is 8.76. The summed E-state index contributed by atoms with van der Waals surface area (Å²) in [5.74, 6) is -1.64. The van der Waals surface area contributed by atoms with Gasteiger partial charge in [0.2, 0.25) is 0 Å². The SMILES string of the molecule is COCOc1cccc2c(OC)c(C3=C(C(=O)O)[C@@H](OC(C)=O)[C@@]4(C)O[C@H]4[C@H]3OC(C)=O)cc(OC)c12. The lowest BCUT2D eigenvalue weighted by Gasteiger charge is -2.33. The van der Waals surface area contributed by atoms with Gasteiger partial charge < -0.3 is 38.3 Å². The van der Waals surface area contributed by atoms with Crippen molar-refractivity contribution < 1.29 is 52.6 Å². The van der Waals surface area contributed by atoms with Gasteiger partial charge in [0.1, 0.15) is 29.0 Å². The summed E-state index contributed by atoms with van der Waals surface area (Å²) in [7, 11) is 4.38. The van der Waals surface area contributed by atoms with Gasteiger partial charge in [0.15, 0.2) is 19.0 Å². The van der Waals surface area contributed by atoms with Gasteiger partial charge in [-0.15, -0.1) is 0 Å². The molecule has 0 spiro atoms. The number of carbonyl (C=O) groups is 3. The number of carboxylic acids is 1. The van der Waals surface area contributed by atoms with Crippen molar-refractivity contribution in [3.63, 3.8) is 0 Å². The molecule has 0 radical (unpaired) electrons. The monoisotopic (exact) mass is 516 g/mol. The maximum Gasteiger partial charge on any atom is 0.335 e. The molecule has 1 aliphatic heterocycles. The Morgan fingerprint density at radius 1 is 1.03 bits per heavy atom. The van der Waals surface area contributed by atoms with E-state index in [4.69, 9.17) is 33.2 Å². The fourth-order valence-corrected chi connectivity index (χ4v) is 4.92. The molecule has 0 bridgehead atoms. The third-order valence-corrected chi connectivity index (χ3v) is 6.41. The lowest BCUT2D eigenvalue weighted by molar-refractivity contribution is -0.151. The predicted molar refractivity (Wildman–Crippen MR) is 128 cm³/mol. The van der Waals surface area contributed by atoms with E-state index in [1.807, 2.05) is 0 Å². The summed E-state index contributed by atoms with van der Waals surface area (Å²) in [4.78, 5) is 36.8.